The van der Waals surface area contributed by atoms with Gasteiger partial charge in [0.2, 0.25) is 0 Å². The first-order valence-electron chi connectivity index (χ1n) is 35.2. The van der Waals surface area contributed by atoms with Crippen molar-refractivity contribution in [1.82, 2.24) is 34.3 Å². The van der Waals surface area contributed by atoms with E-state index in [9.17, 15) is 8.78 Å². The fourth-order valence-corrected chi connectivity index (χ4v) is 13.3. The number of carbonyl (C=O) groups excluding carboxylic acids is 1. The second-order valence-corrected chi connectivity index (χ2v) is 28.3. The van der Waals surface area contributed by atoms with E-state index in [2.05, 4.69) is 237 Å². The number of fused-ring (bicyclic) bond motifs is 12. The van der Waals surface area contributed by atoms with Gasteiger partial charge in [-0.15, -0.1) is 65.5 Å². The van der Waals surface area contributed by atoms with Crippen LogP contribution in [0.5, 0.6) is 0 Å². The minimum atomic E-state index is -0.574. The first kappa shape index (κ1) is 92.9. The summed E-state index contributed by atoms with van der Waals surface area (Å²) in [5.41, 5.74) is 25.2. The number of para-hydroxylation sites is 1. The Labute approximate surface area is 728 Å². The van der Waals surface area contributed by atoms with E-state index in [0.29, 0.717) is 16.8 Å². The third kappa shape index (κ3) is 22.2. The molecule has 7 aromatic carbocycles. The molecule has 0 atom stereocenters. The molecule has 0 spiro atoms. The number of nitrogens with zero attached hydrogens (tertiary/aromatic N) is 7. The molecule has 0 N–H and O–H groups in total. The molecule has 8 heterocycles. The van der Waals surface area contributed by atoms with Gasteiger partial charge in [-0.3, -0.25) is 24.9 Å². The molecule has 578 valence electrons. The molecule has 9 nitrogen and oxygen atoms in total. The van der Waals surface area contributed by atoms with Gasteiger partial charge >= 0.3 is 6.79 Å². The van der Waals surface area contributed by atoms with Gasteiger partial charge in [0.05, 0.1) is 34.2 Å². The minimum absolute atomic E-state index is 0. The van der Waals surface area contributed by atoms with Gasteiger partial charge in [-0.1, -0.05) is 157 Å². The van der Waals surface area contributed by atoms with Gasteiger partial charge in [0.1, 0.15) is 11.6 Å². The molecule has 0 fully saturated rings. The first-order valence-corrected chi connectivity index (χ1v) is 35.2. The van der Waals surface area contributed by atoms with Gasteiger partial charge in [0.15, 0.2) is 5.78 Å². The largest absolute Gasteiger partial charge is 0.481 e. The number of rotatable bonds is 3. The van der Waals surface area contributed by atoms with E-state index in [1.165, 1.54) is 102 Å². The number of ether oxygens (including phenoxy) is 1. The van der Waals surface area contributed by atoms with Crippen LogP contribution in [-0.2, 0) is 159 Å². The quantitative estimate of drug-likeness (QED) is 0.0986. The molecule has 7 aromatic heterocycles. The summed E-state index contributed by atoms with van der Waals surface area (Å²) in [6.07, 6.45) is 17.0. The van der Waals surface area contributed by atoms with E-state index >= 15 is 0 Å². The van der Waals surface area contributed by atoms with Crippen molar-refractivity contribution in [2.24, 2.45) is 0 Å². The summed E-state index contributed by atoms with van der Waals surface area (Å²) in [6.45, 7) is 31.2. The van der Waals surface area contributed by atoms with Gasteiger partial charge in [-0.2, -0.15) is 0 Å². The smallest absolute Gasteiger partial charge is 0.332 e. The molecule has 6 radical (unpaired) electrons. The minimum Gasteiger partial charge on any atom is -0.481 e. The molecular weight excluding hydrogens is 2440 g/mol. The number of allylic oxidation sites excluding steroid dienone is 2. The van der Waals surface area contributed by atoms with E-state index in [4.69, 9.17) is 9.16 Å². The summed E-state index contributed by atoms with van der Waals surface area (Å²) in [4.78, 5) is 26.4. The second kappa shape index (κ2) is 42.3. The molecule has 3 aliphatic rings. The topological polar surface area (TPSA) is 102 Å². The Kier molecular flexibility index (Phi) is 35.7. The van der Waals surface area contributed by atoms with Gasteiger partial charge in [0, 0.05) is 203 Å². The summed E-state index contributed by atoms with van der Waals surface area (Å²) in [5, 5.41) is 3.53. The van der Waals surface area contributed by atoms with Crippen molar-refractivity contribution in [2.75, 3.05) is 0 Å². The zero-order valence-corrected chi connectivity index (χ0v) is 78.3. The molecule has 110 heavy (non-hydrogen) atoms. The molecular formula is C93H89F2Ir6N7O2-2. The zero-order chi connectivity index (χ0) is 73.7. The number of hydrogen-bond acceptors (Lipinski definition) is 7. The van der Waals surface area contributed by atoms with E-state index in [0.717, 1.165) is 64.0 Å². The number of aryl methyl sites for hydroxylation is 7. The van der Waals surface area contributed by atoms with Crippen LogP contribution >= 0.6 is 0 Å². The van der Waals surface area contributed by atoms with E-state index in [1.807, 2.05) is 125 Å². The molecule has 17 rings (SSSR count). The molecule has 14 aromatic rings. The van der Waals surface area contributed by atoms with Crippen LogP contribution in [0.2, 0.25) is 0 Å². The van der Waals surface area contributed by atoms with Crippen LogP contribution in [0.25, 0.3) is 83.6 Å². The van der Waals surface area contributed by atoms with E-state index < -0.39 is 11.6 Å². The van der Waals surface area contributed by atoms with Crippen molar-refractivity contribution in [1.29, 1.82) is 0 Å². The average molecular weight is 2530 g/mol. The molecule has 0 saturated heterocycles. The van der Waals surface area contributed by atoms with Gasteiger partial charge in [-0.25, -0.2) is 8.78 Å². The number of aromatic nitrogens is 7. The summed E-state index contributed by atoms with van der Waals surface area (Å²) in [6, 6.07) is 74.7. The molecule has 17 heteroatoms. The number of benzene rings is 7. The van der Waals surface area contributed by atoms with Crippen molar-refractivity contribution in [3.63, 3.8) is 0 Å². The Morgan fingerprint density at radius 2 is 1.07 bits per heavy atom. The molecule has 2 aliphatic carbocycles. The molecule has 0 unspecified atom stereocenters. The van der Waals surface area contributed by atoms with Crippen molar-refractivity contribution < 1.29 is 139 Å². The van der Waals surface area contributed by atoms with Crippen LogP contribution in [0, 0.1) is 65.2 Å². The third-order valence-electron chi connectivity index (χ3n) is 19.5. The van der Waals surface area contributed by atoms with Crippen LogP contribution in [0.15, 0.2) is 261 Å². The maximum absolute atomic E-state index is 13.6. The second-order valence-electron chi connectivity index (χ2n) is 28.3. The first-order chi connectivity index (χ1) is 50.0. The number of imidazole rings is 1. The molecule has 0 bridgehead atoms. The van der Waals surface area contributed by atoms with E-state index in [-0.39, 0.29) is 137 Å². The van der Waals surface area contributed by atoms with Crippen LogP contribution < -0.4 is 0 Å². The normalized spacial score (nSPS) is 12.4. The van der Waals surface area contributed by atoms with Gasteiger partial charge in [-0.05, 0) is 200 Å². The predicted octanol–water partition coefficient (Wildman–Crippen LogP) is 22.9. The predicted molar refractivity (Wildman–Crippen MR) is 422 cm³/mol. The fraction of sp³-hybridized carbons (Fsp3) is 0.204. The summed E-state index contributed by atoms with van der Waals surface area (Å²) >= 11 is 0. The number of pyridine rings is 6. The summed E-state index contributed by atoms with van der Waals surface area (Å²) in [5.74, 6) is 0.601. The van der Waals surface area contributed by atoms with Crippen molar-refractivity contribution in [3.8, 4) is 56.3 Å². The van der Waals surface area contributed by atoms with Crippen LogP contribution in [0.3, 0.4) is 0 Å². The molecule has 0 saturated carbocycles. The van der Waals surface area contributed by atoms with Gasteiger partial charge < -0.3 is 18.5 Å². The Bertz CT molecular complexity index is 5280. The van der Waals surface area contributed by atoms with Crippen molar-refractivity contribution in [2.45, 2.75) is 126 Å². The van der Waals surface area contributed by atoms with Crippen LogP contribution in [-0.4, -0.2) is 40.1 Å². The Hall–Kier alpha value is -7.66. The molecule has 1 aliphatic heterocycles. The number of hydrogen-bond donors (Lipinski definition) is 0. The van der Waals surface area contributed by atoms with Gasteiger partial charge in [0.25, 0.3) is 0 Å². The van der Waals surface area contributed by atoms with Crippen LogP contribution in [0.4, 0.5) is 8.78 Å². The fourth-order valence-electron chi connectivity index (χ4n) is 13.3. The van der Waals surface area contributed by atoms with Crippen LogP contribution in [0.1, 0.15) is 118 Å². The number of ketones is 1. The summed E-state index contributed by atoms with van der Waals surface area (Å²) in [7, 11) is 0. The standard InChI is InChI=1S/C18H21N.C16H19N.C15H9N2.C14H13N.C13H11F2N.C11H8N.C6H8O2.6Ir/c1-12-8-6-9-13-15(12)16-14(10-7-11-19-16)18(4,5)17(13,2)3;1-12-7-5-6-8-14(12)15-11-13(9-10-17-15)16(2,3)4;1-2-7-13-11(5-1)12-6-3-4-8-14(12)17-10-9-16-15(13)17;1-10-4-2-5-11-7-8-12-6-3-9-15-14(12)13(10)11;1-8-3-4-16-12(5-8)13-9(2)6-10(14)7-11(13)15;1-2-6-10(7-3-1)11-8-4-5-9-12-11;1-5-3-6(2)8-4-7-5;;;;;;/h6-11H,1-5H3;5-11H,1-4H3;1-6,8-10H;2-6,9H,7-8H2,1H3;3-7H,1-2H3;1-6,8-9H;3-4H,1-2H3;;;;;;/q;;-1;;;-1;;;;;;;. The number of halogens is 2. The maximum atomic E-state index is 13.6. The Morgan fingerprint density at radius 3 is 1.75 bits per heavy atom. The Morgan fingerprint density at radius 1 is 0.473 bits per heavy atom. The van der Waals surface area contributed by atoms with E-state index in [1.54, 1.807) is 25.4 Å². The average Bonchev–Trinajstić information content (AvgIpc) is 0.836. The monoisotopic (exact) mass is 2530 g/mol. The van der Waals surface area contributed by atoms with Crippen molar-refractivity contribution >= 4 is 33.1 Å². The Balaban J connectivity index is 0.000000230. The molecule has 0 amide bonds. The van der Waals surface area contributed by atoms with Crippen molar-refractivity contribution in [3.05, 3.63) is 348 Å². The SMILES string of the molecule is CC1=CC(C)=[O+][CH-]O1.Cc1cccc2c1-c1ncccc1C(C)(C)C2(C)C.Cc1cccc2c1-c1ncccc1CC2.Cc1ccccc1-c1cc(C(C)(C)C)ccn1.Cc1ccnc(-c2c(C)cc(F)cc2F)c1.[Ir].[Ir].[Ir].[Ir].[Ir].[Ir].[c-]1cccc2c1c1nccn1c1ccccc21.[c-]1ccccc1-c1ccccn1. The third-order valence-corrected chi connectivity index (χ3v) is 19.5. The summed E-state index contributed by atoms with van der Waals surface area (Å²) < 4.78 is 38.4. The maximum Gasteiger partial charge on any atom is 0.332 e. The zero-order valence-electron chi connectivity index (χ0n) is 63.9.